The van der Waals surface area contributed by atoms with Crippen LogP contribution < -0.4 is 15.0 Å². The summed E-state index contributed by atoms with van der Waals surface area (Å²) in [6, 6.07) is 13.7. The van der Waals surface area contributed by atoms with Crippen molar-refractivity contribution in [3.8, 4) is 11.6 Å². The third kappa shape index (κ3) is 5.83. The van der Waals surface area contributed by atoms with Crippen molar-refractivity contribution in [2.24, 2.45) is 0 Å². The van der Waals surface area contributed by atoms with Gasteiger partial charge in [0.25, 0.3) is 0 Å². The van der Waals surface area contributed by atoms with Crippen LogP contribution in [0.3, 0.4) is 0 Å². The quantitative estimate of drug-likeness (QED) is 0.534. The number of halogens is 1. The van der Waals surface area contributed by atoms with Gasteiger partial charge in [-0.15, -0.1) is 0 Å². The molecule has 37 heavy (non-hydrogen) atoms. The first-order chi connectivity index (χ1) is 17.9. The van der Waals surface area contributed by atoms with Crippen LogP contribution in [-0.2, 0) is 13.0 Å². The number of hydrogen-bond donors (Lipinski definition) is 1. The molecule has 3 aromatic rings. The molecule has 2 aliphatic rings. The van der Waals surface area contributed by atoms with E-state index in [9.17, 15) is 9.18 Å². The lowest BCUT2D eigenvalue weighted by Crippen LogP contribution is -2.45. The molecule has 1 saturated heterocycles. The highest BCUT2D eigenvalue weighted by atomic mass is 19.1. The van der Waals surface area contributed by atoms with Crippen molar-refractivity contribution < 1.29 is 13.9 Å². The summed E-state index contributed by atoms with van der Waals surface area (Å²) in [5.74, 6) is 1.38. The molecule has 1 aromatic heterocycles. The predicted molar refractivity (Wildman–Crippen MR) is 142 cm³/mol. The Kier molecular flexibility index (Phi) is 7.23. The minimum Gasteiger partial charge on any atom is -0.438 e. The van der Waals surface area contributed by atoms with E-state index in [1.807, 2.05) is 24.3 Å². The Labute approximate surface area is 217 Å². The summed E-state index contributed by atoms with van der Waals surface area (Å²) in [6.07, 6.45) is 0.581. The maximum absolute atomic E-state index is 13.9. The van der Waals surface area contributed by atoms with E-state index >= 15 is 0 Å². The van der Waals surface area contributed by atoms with Gasteiger partial charge in [-0.05, 0) is 42.8 Å². The predicted octanol–water partition coefficient (Wildman–Crippen LogP) is 4.87. The van der Waals surface area contributed by atoms with Gasteiger partial charge in [0, 0.05) is 50.9 Å². The first-order valence-electron chi connectivity index (χ1n) is 12.8. The van der Waals surface area contributed by atoms with Crippen LogP contribution in [0.5, 0.6) is 11.6 Å². The number of fused-ring (bicyclic) bond motifs is 1. The number of likely N-dealkylation sites (N-methyl/N-ethyl adjacent to an activating group) is 1. The second-order valence-corrected chi connectivity index (χ2v) is 9.98. The van der Waals surface area contributed by atoms with Gasteiger partial charge >= 0.3 is 6.03 Å². The zero-order valence-electron chi connectivity index (χ0n) is 21.6. The number of carbonyl (C=O) groups is 1. The third-order valence-electron chi connectivity index (χ3n) is 6.92. The molecule has 0 aliphatic carbocycles. The second kappa shape index (κ2) is 10.7. The fourth-order valence-electron chi connectivity index (χ4n) is 4.57. The highest BCUT2D eigenvalue weighted by molar-refractivity contribution is 5.89. The summed E-state index contributed by atoms with van der Waals surface area (Å²) in [5.41, 5.74) is 3.58. The molecule has 0 unspecified atom stereocenters. The van der Waals surface area contributed by atoms with Crippen LogP contribution in [0.1, 0.15) is 36.6 Å². The number of amides is 2. The van der Waals surface area contributed by atoms with E-state index in [2.05, 4.69) is 36.0 Å². The van der Waals surface area contributed by atoms with Gasteiger partial charge in [0.15, 0.2) is 0 Å². The number of nitrogens with zero attached hydrogens (tertiary/aromatic N) is 5. The number of nitrogens with one attached hydrogen (secondary N) is 1. The van der Waals surface area contributed by atoms with Crippen LogP contribution in [0.2, 0.25) is 0 Å². The van der Waals surface area contributed by atoms with Crippen molar-refractivity contribution in [3.63, 3.8) is 0 Å². The molecule has 2 aliphatic heterocycles. The fourth-order valence-corrected chi connectivity index (χ4v) is 4.57. The summed E-state index contributed by atoms with van der Waals surface area (Å²) in [7, 11) is 2.10. The lowest BCUT2D eigenvalue weighted by molar-refractivity contribution is 0.205. The Bertz CT molecular complexity index is 1260. The molecule has 8 nitrogen and oxygen atoms in total. The van der Waals surface area contributed by atoms with Crippen LogP contribution in [0, 0.1) is 5.82 Å². The first-order valence-corrected chi connectivity index (χ1v) is 12.8. The fraction of sp³-hybridized carbons (Fsp3) is 0.393. The van der Waals surface area contributed by atoms with Crippen LogP contribution in [0.15, 0.2) is 48.5 Å². The number of ether oxygens (including phenoxy) is 1. The van der Waals surface area contributed by atoms with Gasteiger partial charge in [0.2, 0.25) is 11.8 Å². The van der Waals surface area contributed by atoms with Gasteiger partial charge in [-0.2, -0.15) is 4.98 Å². The van der Waals surface area contributed by atoms with Crippen LogP contribution in [-0.4, -0.2) is 65.6 Å². The summed E-state index contributed by atoms with van der Waals surface area (Å²) < 4.78 is 20.0. The summed E-state index contributed by atoms with van der Waals surface area (Å²) in [4.78, 5) is 28.9. The molecule has 5 rings (SSSR count). The molecule has 0 bridgehead atoms. The normalized spacial score (nSPS) is 16.0. The minimum absolute atomic E-state index is 0.192. The highest BCUT2D eigenvalue weighted by Crippen LogP contribution is 2.32. The van der Waals surface area contributed by atoms with Gasteiger partial charge in [-0.3, -0.25) is 0 Å². The van der Waals surface area contributed by atoms with Crippen molar-refractivity contribution in [1.29, 1.82) is 0 Å². The molecular weight excluding hydrogens is 471 g/mol. The number of rotatable bonds is 5. The van der Waals surface area contributed by atoms with Crippen molar-refractivity contribution in [1.82, 2.24) is 19.8 Å². The number of benzene rings is 2. The van der Waals surface area contributed by atoms with Gasteiger partial charge in [-0.25, -0.2) is 14.2 Å². The van der Waals surface area contributed by atoms with Gasteiger partial charge in [0.05, 0.1) is 17.8 Å². The average Bonchev–Trinajstić information content (AvgIpc) is 2.89. The Morgan fingerprint density at radius 2 is 1.78 bits per heavy atom. The second-order valence-electron chi connectivity index (χ2n) is 9.98. The lowest BCUT2D eigenvalue weighted by Gasteiger charge is -2.34. The number of piperazine rings is 1. The van der Waals surface area contributed by atoms with Gasteiger partial charge in [-0.1, -0.05) is 32.0 Å². The van der Waals surface area contributed by atoms with E-state index in [4.69, 9.17) is 14.7 Å². The van der Waals surface area contributed by atoms with E-state index in [-0.39, 0.29) is 11.8 Å². The number of carbonyl (C=O) groups excluding carboxylic acids is 1. The molecule has 0 spiro atoms. The van der Waals surface area contributed by atoms with Gasteiger partial charge in [0.1, 0.15) is 11.6 Å². The molecule has 1 N–H and O–H groups in total. The first kappa shape index (κ1) is 25.0. The van der Waals surface area contributed by atoms with Crippen molar-refractivity contribution >= 4 is 17.7 Å². The topological polar surface area (TPSA) is 73.8 Å². The van der Waals surface area contributed by atoms with E-state index < -0.39 is 0 Å². The van der Waals surface area contributed by atoms with Crippen LogP contribution >= 0.6 is 0 Å². The summed E-state index contributed by atoms with van der Waals surface area (Å²) in [6.45, 7) is 8.59. The number of hydrogen-bond acceptors (Lipinski definition) is 6. The molecule has 3 heterocycles. The zero-order valence-corrected chi connectivity index (χ0v) is 21.6. The van der Waals surface area contributed by atoms with Crippen molar-refractivity contribution in [2.75, 3.05) is 50.0 Å². The number of urea groups is 1. The van der Waals surface area contributed by atoms with E-state index in [0.29, 0.717) is 43.0 Å². The monoisotopic (exact) mass is 504 g/mol. The Morgan fingerprint density at radius 3 is 2.49 bits per heavy atom. The molecular formula is C28H33FN6O2. The lowest BCUT2D eigenvalue weighted by atomic mass is 10.0. The Balaban J connectivity index is 1.39. The largest absolute Gasteiger partial charge is 0.438 e. The van der Waals surface area contributed by atoms with E-state index in [1.165, 1.54) is 17.7 Å². The molecule has 0 radical (unpaired) electrons. The van der Waals surface area contributed by atoms with Crippen LogP contribution in [0.4, 0.5) is 20.8 Å². The van der Waals surface area contributed by atoms with E-state index in [0.717, 1.165) is 43.1 Å². The molecule has 0 saturated carbocycles. The minimum atomic E-state index is -0.385. The zero-order chi connectivity index (χ0) is 25.9. The molecule has 2 amide bonds. The summed E-state index contributed by atoms with van der Waals surface area (Å²) >= 11 is 0. The van der Waals surface area contributed by atoms with Gasteiger partial charge < -0.3 is 24.8 Å². The highest BCUT2D eigenvalue weighted by Gasteiger charge is 2.28. The maximum atomic E-state index is 13.9. The average molecular weight is 505 g/mol. The molecule has 2 aromatic carbocycles. The van der Waals surface area contributed by atoms with Crippen molar-refractivity contribution in [3.05, 3.63) is 71.2 Å². The molecule has 194 valence electrons. The molecule has 0 atom stereocenters. The Morgan fingerprint density at radius 1 is 1.03 bits per heavy atom. The summed E-state index contributed by atoms with van der Waals surface area (Å²) in [5, 5.41) is 3.00. The SMILES string of the molecule is CC(C)c1ccc(NC(=O)N2CCc3nc(N4CCN(C)CC4)nc(Oc4cccc(F)c4)c3C2)cc1. The molecule has 1 fully saturated rings. The third-order valence-corrected chi connectivity index (χ3v) is 6.92. The molecule has 9 heteroatoms. The van der Waals surface area contributed by atoms with Crippen molar-refractivity contribution in [2.45, 2.75) is 32.7 Å². The van der Waals surface area contributed by atoms with Crippen LogP contribution in [0.25, 0.3) is 0 Å². The van der Waals surface area contributed by atoms with E-state index in [1.54, 1.807) is 17.0 Å². The number of aromatic nitrogens is 2. The number of anilines is 2. The standard InChI is InChI=1S/C28H33FN6O2/c1-19(2)20-7-9-22(10-8-20)30-28(36)35-12-11-25-24(18-35)26(37-23-6-4-5-21(29)17-23)32-27(31-25)34-15-13-33(3)14-16-34/h4-10,17,19H,11-16,18H2,1-3H3,(H,30,36). The maximum Gasteiger partial charge on any atom is 0.322 e. The Hall–Kier alpha value is -3.72. The smallest absolute Gasteiger partial charge is 0.322 e.